The minimum atomic E-state index is -3.25. The maximum absolute atomic E-state index is 12.2. The maximum atomic E-state index is 12.2. The Labute approximate surface area is 137 Å². The van der Waals surface area contributed by atoms with Crippen LogP contribution >= 0.6 is 0 Å². The molecule has 0 aliphatic carbocycles. The summed E-state index contributed by atoms with van der Waals surface area (Å²) in [6.45, 7) is 1.05. The predicted octanol–water partition coefficient (Wildman–Crippen LogP) is 1.25. The molecule has 1 atom stereocenters. The lowest BCUT2D eigenvalue weighted by Crippen LogP contribution is -2.48. The number of nitrogens with one attached hydrogen (secondary N) is 1. The van der Waals surface area contributed by atoms with Crippen LogP contribution in [0.2, 0.25) is 0 Å². The Morgan fingerprint density at radius 2 is 2.04 bits per heavy atom. The molecule has 0 radical (unpaired) electrons. The highest BCUT2D eigenvalue weighted by atomic mass is 32.2. The summed E-state index contributed by atoms with van der Waals surface area (Å²) in [4.78, 5) is 13.9. The molecule has 1 aliphatic rings. The molecule has 0 bridgehead atoms. The van der Waals surface area contributed by atoms with Crippen LogP contribution < -0.4 is 9.46 Å². The van der Waals surface area contributed by atoms with Gasteiger partial charge in [-0.2, -0.15) is 0 Å². The Morgan fingerprint density at radius 1 is 1.35 bits per heavy atom. The van der Waals surface area contributed by atoms with Crippen molar-refractivity contribution in [3.63, 3.8) is 0 Å². The fourth-order valence-corrected chi connectivity index (χ4v) is 3.36. The number of nitrogens with zero attached hydrogens (tertiary/aromatic N) is 1. The molecule has 1 aromatic rings. The number of piperidine rings is 1. The molecule has 1 N–H and O–H groups in total. The summed E-state index contributed by atoms with van der Waals surface area (Å²) in [6, 6.07) is 7.19. The Morgan fingerprint density at radius 3 is 2.65 bits per heavy atom. The van der Waals surface area contributed by atoms with Crippen molar-refractivity contribution >= 4 is 22.0 Å². The first kappa shape index (κ1) is 17.5. The number of sulfonamides is 1. The van der Waals surface area contributed by atoms with E-state index in [1.54, 1.807) is 18.1 Å². The van der Waals surface area contributed by atoms with E-state index in [2.05, 4.69) is 4.72 Å². The van der Waals surface area contributed by atoms with E-state index >= 15 is 0 Å². The van der Waals surface area contributed by atoms with Crippen molar-refractivity contribution in [3.05, 3.63) is 35.9 Å². The molecule has 1 heterocycles. The van der Waals surface area contributed by atoms with Gasteiger partial charge in [-0.05, 0) is 36.6 Å². The number of benzene rings is 1. The van der Waals surface area contributed by atoms with E-state index < -0.39 is 10.0 Å². The lowest BCUT2D eigenvalue weighted by molar-refractivity contribution is -0.127. The first-order valence-electron chi connectivity index (χ1n) is 7.46. The fourth-order valence-electron chi connectivity index (χ4n) is 2.56. The van der Waals surface area contributed by atoms with E-state index in [0.717, 1.165) is 30.4 Å². The van der Waals surface area contributed by atoms with Crippen LogP contribution in [0.15, 0.2) is 30.3 Å². The molecule has 1 fully saturated rings. The average molecular weight is 338 g/mol. The molecule has 2 rings (SSSR count). The molecule has 1 amide bonds. The Bertz CT molecular complexity index is 668. The monoisotopic (exact) mass is 338 g/mol. The van der Waals surface area contributed by atoms with Gasteiger partial charge in [0.1, 0.15) is 5.75 Å². The third-order valence-electron chi connectivity index (χ3n) is 3.65. The summed E-state index contributed by atoms with van der Waals surface area (Å²) in [5.41, 5.74) is 0.905. The van der Waals surface area contributed by atoms with E-state index in [-0.39, 0.29) is 11.9 Å². The Kier molecular flexibility index (Phi) is 5.79. The van der Waals surface area contributed by atoms with Crippen LogP contribution in [-0.4, -0.2) is 51.7 Å². The van der Waals surface area contributed by atoms with Gasteiger partial charge >= 0.3 is 0 Å². The van der Waals surface area contributed by atoms with Crippen LogP contribution in [-0.2, 0) is 14.8 Å². The van der Waals surface area contributed by atoms with Crippen molar-refractivity contribution in [1.82, 2.24) is 9.62 Å². The summed E-state index contributed by atoms with van der Waals surface area (Å²) >= 11 is 0. The van der Waals surface area contributed by atoms with E-state index in [0.29, 0.717) is 13.1 Å². The smallest absolute Gasteiger partial charge is 0.246 e. The first-order chi connectivity index (χ1) is 10.9. The van der Waals surface area contributed by atoms with Crippen LogP contribution in [0.3, 0.4) is 0 Å². The molecule has 0 spiro atoms. The van der Waals surface area contributed by atoms with Crippen LogP contribution in [0.5, 0.6) is 5.75 Å². The number of likely N-dealkylation sites (tertiary alicyclic amines) is 1. The fraction of sp³-hybridized carbons (Fsp3) is 0.438. The van der Waals surface area contributed by atoms with Crippen molar-refractivity contribution in [2.24, 2.45) is 0 Å². The molecule has 7 heteroatoms. The number of hydrogen-bond acceptors (Lipinski definition) is 4. The lowest BCUT2D eigenvalue weighted by Gasteiger charge is -2.32. The third kappa shape index (κ3) is 5.69. The Balaban J connectivity index is 1.95. The number of methoxy groups -OCH3 is 1. The molecule has 1 aliphatic heterocycles. The van der Waals surface area contributed by atoms with Gasteiger partial charge in [-0.15, -0.1) is 0 Å². The molecular weight excluding hydrogens is 316 g/mol. The second kappa shape index (κ2) is 7.61. The van der Waals surface area contributed by atoms with Gasteiger partial charge < -0.3 is 9.64 Å². The average Bonchev–Trinajstić information content (AvgIpc) is 2.51. The van der Waals surface area contributed by atoms with Gasteiger partial charge in [0.2, 0.25) is 15.9 Å². The summed E-state index contributed by atoms with van der Waals surface area (Å²) in [5.74, 6) is 0.653. The zero-order valence-corrected chi connectivity index (χ0v) is 14.2. The molecule has 1 saturated heterocycles. The maximum Gasteiger partial charge on any atom is 0.246 e. The lowest BCUT2D eigenvalue weighted by atomic mass is 10.1. The van der Waals surface area contributed by atoms with Gasteiger partial charge in [-0.3, -0.25) is 4.79 Å². The molecule has 6 nitrogen and oxygen atoms in total. The van der Waals surface area contributed by atoms with Gasteiger partial charge in [-0.25, -0.2) is 13.1 Å². The van der Waals surface area contributed by atoms with Crippen molar-refractivity contribution in [2.45, 2.75) is 18.9 Å². The second-order valence-electron chi connectivity index (χ2n) is 5.62. The summed E-state index contributed by atoms with van der Waals surface area (Å²) in [5, 5.41) is 0. The number of carbonyl (C=O) groups is 1. The Hall–Kier alpha value is -1.86. The van der Waals surface area contributed by atoms with Crippen molar-refractivity contribution in [3.8, 4) is 5.75 Å². The van der Waals surface area contributed by atoms with Gasteiger partial charge in [-0.1, -0.05) is 12.1 Å². The molecule has 23 heavy (non-hydrogen) atoms. The molecule has 0 unspecified atom stereocenters. The van der Waals surface area contributed by atoms with E-state index in [1.807, 2.05) is 24.3 Å². The van der Waals surface area contributed by atoms with Gasteiger partial charge in [0.05, 0.1) is 13.4 Å². The van der Waals surface area contributed by atoms with E-state index in [1.165, 1.54) is 6.08 Å². The van der Waals surface area contributed by atoms with Crippen molar-refractivity contribution in [2.75, 3.05) is 26.5 Å². The van der Waals surface area contributed by atoms with Gasteiger partial charge in [0.25, 0.3) is 0 Å². The summed E-state index contributed by atoms with van der Waals surface area (Å²) in [6.07, 6.45) is 5.94. The standard InChI is InChI=1S/C16H22N2O4S/c1-22-15-8-5-13(6-9-15)7-10-16(19)18-11-3-4-14(12-18)17-23(2,20)21/h5-10,14,17H,3-4,11-12H2,1-2H3/b10-7-/t14-/m0/s1. The largest absolute Gasteiger partial charge is 0.497 e. The van der Waals surface area contributed by atoms with Crippen molar-refractivity contribution < 1.29 is 17.9 Å². The number of hydrogen-bond donors (Lipinski definition) is 1. The number of amides is 1. The van der Waals surface area contributed by atoms with E-state index in [4.69, 9.17) is 4.74 Å². The van der Waals surface area contributed by atoms with Crippen molar-refractivity contribution in [1.29, 1.82) is 0 Å². The molecular formula is C16H22N2O4S. The second-order valence-corrected chi connectivity index (χ2v) is 7.40. The molecule has 0 aromatic heterocycles. The number of carbonyl (C=O) groups excluding carboxylic acids is 1. The molecule has 0 saturated carbocycles. The van der Waals surface area contributed by atoms with Gasteiger partial charge in [0.15, 0.2) is 0 Å². The molecule has 126 valence electrons. The zero-order chi connectivity index (χ0) is 16.9. The SMILES string of the molecule is COc1ccc(/C=C\C(=O)N2CCC[C@H](NS(C)(=O)=O)C2)cc1. The summed E-state index contributed by atoms with van der Waals surface area (Å²) < 4.78 is 30.3. The normalized spacial score (nSPS) is 19.0. The van der Waals surface area contributed by atoms with E-state index in [9.17, 15) is 13.2 Å². The van der Waals surface area contributed by atoms with Gasteiger partial charge in [0, 0.05) is 25.2 Å². The highest BCUT2D eigenvalue weighted by molar-refractivity contribution is 7.88. The predicted molar refractivity (Wildman–Crippen MR) is 89.6 cm³/mol. The topological polar surface area (TPSA) is 75.7 Å². The highest BCUT2D eigenvalue weighted by Crippen LogP contribution is 2.14. The van der Waals surface area contributed by atoms with Crippen LogP contribution in [0.1, 0.15) is 18.4 Å². The quantitative estimate of drug-likeness (QED) is 0.820. The number of ether oxygens (including phenoxy) is 1. The third-order valence-corrected chi connectivity index (χ3v) is 4.41. The summed E-state index contributed by atoms with van der Waals surface area (Å²) in [7, 11) is -1.65. The minimum absolute atomic E-state index is 0.110. The first-order valence-corrected chi connectivity index (χ1v) is 9.35. The highest BCUT2D eigenvalue weighted by Gasteiger charge is 2.24. The minimum Gasteiger partial charge on any atom is -0.497 e. The zero-order valence-electron chi connectivity index (χ0n) is 13.4. The van der Waals surface area contributed by atoms with Crippen LogP contribution in [0.25, 0.3) is 6.08 Å². The van der Waals surface area contributed by atoms with Crippen LogP contribution in [0.4, 0.5) is 0 Å². The number of rotatable bonds is 5. The molecule has 1 aromatic carbocycles. The van der Waals surface area contributed by atoms with Crippen LogP contribution in [0, 0.1) is 0 Å².